The second-order valence-corrected chi connectivity index (χ2v) is 1.90. The first-order valence-electron chi connectivity index (χ1n) is 2.85. The van der Waals surface area contributed by atoms with E-state index in [4.69, 9.17) is 0 Å². The first-order valence-corrected chi connectivity index (χ1v) is 2.85. The van der Waals surface area contributed by atoms with E-state index in [1.54, 1.807) is 12.1 Å². The molecular formula is C8H8F+. The third-order valence-corrected chi connectivity index (χ3v) is 1.17. The molecule has 0 N–H and O–H groups in total. The van der Waals surface area contributed by atoms with Crippen molar-refractivity contribution in [1.29, 1.82) is 0 Å². The highest BCUT2D eigenvalue weighted by atomic mass is 19.1. The fraction of sp³-hybridized carbons (Fsp3) is 0.125. The van der Waals surface area contributed by atoms with E-state index in [0.29, 0.717) is 5.56 Å². The van der Waals surface area contributed by atoms with Gasteiger partial charge in [0.25, 0.3) is 0 Å². The molecule has 0 fully saturated rings. The van der Waals surface area contributed by atoms with Crippen LogP contribution in [0.3, 0.4) is 0 Å². The summed E-state index contributed by atoms with van der Waals surface area (Å²) in [6.07, 6.45) is -0.129. The molecule has 0 unspecified atom stereocenters. The number of hydrogen-bond acceptors (Lipinski definition) is 0. The van der Waals surface area contributed by atoms with Gasteiger partial charge in [-0.15, -0.1) is 4.39 Å². The maximum absolute atomic E-state index is 12.4. The third kappa shape index (κ3) is 1.46. The molecule has 0 amide bonds. The highest BCUT2D eigenvalue weighted by Crippen LogP contribution is 2.12. The largest absolute Gasteiger partial charge is 0.211 e. The van der Waals surface area contributed by atoms with Gasteiger partial charge in [0.2, 0.25) is 6.17 Å². The van der Waals surface area contributed by atoms with Gasteiger partial charge in [0.1, 0.15) is 0 Å². The normalized spacial score (nSPS) is 9.11. The van der Waals surface area contributed by atoms with E-state index < -0.39 is 0 Å². The van der Waals surface area contributed by atoms with Crippen LogP contribution in [0.25, 0.3) is 0 Å². The molecule has 0 aromatic heterocycles. The molecule has 1 heteroatoms. The Morgan fingerprint density at radius 1 is 1.22 bits per heavy atom. The second kappa shape index (κ2) is 2.53. The maximum Gasteiger partial charge on any atom is 0.211 e. The molecule has 1 aromatic rings. The van der Waals surface area contributed by atoms with Gasteiger partial charge in [-0.25, -0.2) is 0 Å². The Morgan fingerprint density at radius 2 is 1.78 bits per heavy atom. The first kappa shape index (κ1) is 6.14. The van der Waals surface area contributed by atoms with Gasteiger partial charge in [0.05, 0.1) is 0 Å². The molecule has 9 heavy (non-hydrogen) atoms. The van der Waals surface area contributed by atoms with Gasteiger partial charge in [-0.05, 0) is 18.2 Å². The van der Waals surface area contributed by atoms with Crippen LogP contribution in [0.15, 0.2) is 30.3 Å². The minimum atomic E-state index is -0.129. The first-order chi connectivity index (χ1) is 4.30. The average Bonchev–Trinajstić information content (AvgIpc) is 1.90. The van der Waals surface area contributed by atoms with E-state index in [0.717, 1.165) is 0 Å². The number of rotatable bonds is 1. The van der Waals surface area contributed by atoms with Crippen LogP contribution >= 0.6 is 0 Å². The molecule has 0 radical (unpaired) electrons. The fourth-order valence-corrected chi connectivity index (χ4v) is 0.668. The van der Waals surface area contributed by atoms with Crippen LogP contribution in [0, 0.1) is 6.17 Å². The summed E-state index contributed by atoms with van der Waals surface area (Å²) in [7, 11) is 0. The lowest BCUT2D eigenvalue weighted by Gasteiger charge is -1.86. The summed E-state index contributed by atoms with van der Waals surface area (Å²) < 4.78 is 12.4. The Kier molecular flexibility index (Phi) is 1.73. The Balaban J connectivity index is 2.85. The van der Waals surface area contributed by atoms with Gasteiger partial charge in [0.15, 0.2) is 5.56 Å². The minimum absolute atomic E-state index is 0.129. The summed E-state index contributed by atoms with van der Waals surface area (Å²) in [6.45, 7) is 1.45. The molecule has 46 valence electrons. The molecule has 0 bridgehead atoms. The molecule has 0 heterocycles. The quantitative estimate of drug-likeness (QED) is 0.503. The molecule has 0 aliphatic carbocycles. The SMILES string of the molecule is C[C+](F)c1ccccc1. The number of halogens is 1. The maximum atomic E-state index is 12.4. The Labute approximate surface area is 54.3 Å². The van der Waals surface area contributed by atoms with E-state index in [-0.39, 0.29) is 6.17 Å². The zero-order valence-electron chi connectivity index (χ0n) is 5.26. The summed E-state index contributed by atoms with van der Waals surface area (Å²) in [5.74, 6) is 0. The summed E-state index contributed by atoms with van der Waals surface area (Å²) in [5, 5.41) is 0. The van der Waals surface area contributed by atoms with Crippen molar-refractivity contribution in [1.82, 2.24) is 0 Å². The van der Waals surface area contributed by atoms with Gasteiger partial charge < -0.3 is 0 Å². The van der Waals surface area contributed by atoms with E-state index in [9.17, 15) is 4.39 Å². The van der Waals surface area contributed by atoms with Gasteiger partial charge in [-0.3, -0.25) is 0 Å². The molecule has 1 aromatic carbocycles. The van der Waals surface area contributed by atoms with Crippen LogP contribution in [0.1, 0.15) is 12.5 Å². The molecule has 0 saturated carbocycles. The molecule has 0 aliphatic heterocycles. The molecule has 1 rings (SSSR count). The van der Waals surface area contributed by atoms with Crippen LogP contribution in [0.2, 0.25) is 0 Å². The third-order valence-electron chi connectivity index (χ3n) is 1.17. The van der Waals surface area contributed by atoms with Gasteiger partial charge in [0, 0.05) is 19.1 Å². The van der Waals surface area contributed by atoms with Crippen molar-refractivity contribution in [2.45, 2.75) is 6.92 Å². The average molecular weight is 123 g/mol. The van der Waals surface area contributed by atoms with Crippen molar-refractivity contribution in [3.8, 4) is 0 Å². The Bertz CT molecular complexity index is 167. The molecule has 0 saturated heterocycles. The van der Waals surface area contributed by atoms with E-state index in [1.165, 1.54) is 6.92 Å². The zero-order chi connectivity index (χ0) is 6.69. The lowest BCUT2D eigenvalue weighted by atomic mass is 10.1. The minimum Gasteiger partial charge on any atom is -0.132 e. The topological polar surface area (TPSA) is 0 Å². The van der Waals surface area contributed by atoms with Crippen LogP contribution in [0.5, 0.6) is 0 Å². The van der Waals surface area contributed by atoms with Crippen molar-refractivity contribution in [2.75, 3.05) is 0 Å². The van der Waals surface area contributed by atoms with Gasteiger partial charge in [-0.2, -0.15) is 0 Å². The predicted octanol–water partition coefficient (Wildman–Crippen LogP) is 2.56. The molecule has 0 nitrogen and oxygen atoms in total. The summed E-state index contributed by atoms with van der Waals surface area (Å²) in [6, 6.07) is 8.99. The molecule has 0 spiro atoms. The van der Waals surface area contributed by atoms with E-state index in [2.05, 4.69) is 0 Å². The van der Waals surface area contributed by atoms with Gasteiger partial charge in [-0.1, -0.05) is 0 Å². The predicted molar refractivity (Wildman–Crippen MR) is 35.6 cm³/mol. The number of benzene rings is 1. The highest BCUT2D eigenvalue weighted by Gasteiger charge is 2.09. The van der Waals surface area contributed by atoms with Crippen LogP contribution in [-0.2, 0) is 0 Å². The van der Waals surface area contributed by atoms with Crippen LogP contribution in [0.4, 0.5) is 4.39 Å². The molecular weight excluding hydrogens is 115 g/mol. The van der Waals surface area contributed by atoms with Crippen molar-refractivity contribution in [3.05, 3.63) is 42.1 Å². The molecule has 0 aliphatic rings. The summed E-state index contributed by atoms with van der Waals surface area (Å²) in [4.78, 5) is 0. The standard InChI is InChI=1S/C8H8F/c1-7(9)8-5-3-2-4-6-8/h2-6H,1H3/q+1. The van der Waals surface area contributed by atoms with Crippen molar-refractivity contribution in [2.24, 2.45) is 0 Å². The van der Waals surface area contributed by atoms with Crippen LogP contribution in [-0.4, -0.2) is 0 Å². The van der Waals surface area contributed by atoms with Crippen molar-refractivity contribution in [3.63, 3.8) is 0 Å². The monoisotopic (exact) mass is 123 g/mol. The lowest BCUT2D eigenvalue weighted by molar-refractivity contribution is 0.546. The number of hydrogen-bond donors (Lipinski definition) is 0. The second-order valence-electron chi connectivity index (χ2n) is 1.90. The zero-order valence-corrected chi connectivity index (χ0v) is 5.26. The van der Waals surface area contributed by atoms with Gasteiger partial charge >= 0.3 is 0 Å². The Hall–Kier alpha value is -0.980. The molecule has 0 atom stereocenters. The lowest BCUT2D eigenvalue weighted by Crippen LogP contribution is -1.82. The van der Waals surface area contributed by atoms with Crippen LogP contribution < -0.4 is 0 Å². The highest BCUT2D eigenvalue weighted by molar-refractivity contribution is 5.24. The van der Waals surface area contributed by atoms with Crippen molar-refractivity contribution < 1.29 is 4.39 Å². The van der Waals surface area contributed by atoms with E-state index >= 15 is 0 Å². The van der Waals surface area contributed by atoms with E-state index in [1.807, 2.05) is 18.2 Å². The fourth-order valence-electron chi connectivity index (χ4n) is 0.668. The Morgan fingerprint density at radius 3 is 2.11 bits per heavy atom. The summed E-state index contributed by atoms with van der Waals surface area (Å²) >= 11 is 0. The summed E-state index contributed by atoms with van der Waals surface area (Å²) in [5.41, 5.74) is 0.664. The van der Waals surface area contributed by atoms with Crippen molar-refractivity contribution >= 4 is 0 Å². The smallest absolute Gasteiger partial charge is 0.132 e.